The highest BCUT2D eigenvalue weighted by Gasteiger charge is 2.23. The van der Waals surface area contributed by atoms with E-state index < -0.39 is 9.84 Å². The number of nitrogens with zero attached hydrogens (tertiary/aromatic N) is 4. The van der Waals surface area contributed by atoms with Crippen LogP contribution in [0.4, 0.5) is 23.1 Å². The van der Waals surface area contributed by atoms with Crippen LogP contribution in [0.2, 0.25) is 0 Å². The van der Waals surface area contributed by atoms with E-state index >= 15 is 0 Å². The normalized spacial score (nSPS) is 11.9. The first kappa shape index (κ1) is 24.4. The zero-order valence-corrected chi connectivity index (χ0v) is 21.4. The molecule has 0 aliphatic carbocycles. The van der Waals surface area contributed by atoms with Gasteiger partial charge in [-0.3, -0.25) is 0 Å². The smallest absolute Gasteiger partial charge is 0.229 e. The number of benzene rings is 2. The number of sulfone groups is 1. The molecule has 0 amide bonds. The van der Waals surface area contributed by atoms with Gasteiger partial charge in [0, 0.05) is 35.0 Å². The predicted molar refractivity (Wildman–Crippen MR) is 140 cm³/mol. The quantitative estimate of drug-likeness (QED) is 0.348. The summed E-state index contributed by atoms with van der Waals surface area (Å²) in [7, 11) is -3.40. The first-order valence-electron chi connectivity index (χ1n) is 11.3. The summed E-state index contributed by atoms with van der Waals surface area (Å²) in [5, 5.41) is 6.46. The Hall–Kier alpha value is -3.72. The van der Waals surface area contributed by atoms with E-state index in [-0.39, 0.29) is 16.1 Å². The standard InChI is InChI=1S/C26H30N6O2S/c1-18-14-27-25(30-20-9-11-22(12-10-20)32-15-19(2)28-17-32)31-24(18)29-21-7-6-8-23(13-21)35(33,34)16-26(3,4)5/h6-15,17H,16H2,1-5H3,(H2,27,29,30,31). The molecule has 4 rings (SSSR count). The lowest BCUT2D eigenvalue weighted by atomic mass is 10.0. The molecule has 8 nitrogen and oxygen atoms in total. The predicted octanol–water partition coefficient (Wildman–Crippen LogP) is 5.59. The van der Waals surface area contributed by atoms with E-state index in [1.54, 1.807) is 30.7 Å². The number of imidazole rings is 1. The average molecular weight is 491 g/mol. The van der Waals surface area contributed by atoms with Gasteiger partial charge in [0.25, 0.3) is 0 Å². The van der Waals surface area contributed by atoms with Gasteiger partial charge in [0.15, 0.2) is 9.84 Å². The summed E-state index contributed by atoms with van der Waals surface area (Å²) in [5.41, 5.74) is 3.96. The van der Waals surface area contributed by atoms with Crippen molar-refractivity contribution in [3.8, 4) is 5.69 Å². The van der Waals surface area contributed by atoms with Gasteiger partial charge >= 0.3 is 0 Å². The number of rotatable bonds is 7. The Morgan fingerprint density at radius 1 is 0.943 bits per heavy atom. The maximum Gasteiger partial charge on any atom is 0.229 e. The molecule has 0 aliphatic heterocycles. The lowest BCUT2D eigenvalue weighted by Gasteiger charge is -2.18. The van der Waals surface area contributed by atoms with Crippen LogP contribution in [0.3, 0.4) is 0 Å². The van der Waals surface area contributed by atoms with Crippen LogP contribution >= 0.6 is 0 Å². The van der Waals surface area contributed by atoms with E-state index in [1.165, 1.54) is 0 Å². The first-order valence-corrected chi connectivity index (χ1v) is 13.0. The molecule has 0 saturated heterocycles. The van der Waals surface area contributed by atoms with E-state index in [0.717, 1.165) is 22.6 Å². The number of nitrogens with one attached hydrogen (secondary N) is 2. The van der Waals surface area contributed by atoms with Gasteiger partial charge in [-0.15, -0.1) is 0 Å². The van der Waals surface area contributed by atoms with Gasteiger partial charge < -0.3 is 15.2 Å². The molecule has 2 heterocycles. The van der Waals surface area contributed by atoms with E-state index in [4.69, 9.17) is 0 Å². The molecule has 2 aromatic carbocycles. The molecule has 9 heteroatoms. The summed E-state index contributed by atoms with van der Waals surface area (Å²) in [4.78, 5) is 13.5. The van der Waals surface area contributed by atoms with Gasteiger partial charge in [0.2, 0.25) is 5.95 Å². The molecule has 0 saturated carbocycles. The van der Waals surface area contributed by atoms with Crippen LogP contribution in [0.15, 0.2) is 72.1 Å². The van der Waals surface area contributed by atoms with Crippen LogP contribution in [0.5, 0.6) is 0 Å². The SMILES string of the molecule is Cc1cn(-c2ccc(Nc3ncc(C)c(Nc4cccc(S(=O)(=O)CC(C)(C)C)c4)n3)cc2)cn1. The molecule has 0 atom stereocenters. The third kappa shape index (κ3) is 6.24. The molecule has 182 valence electrons. The summed E-state index contributed by atoms with van der Waals surface area (Å²) in [6.45, 7) is 9.59. The topological polar surface area (TPSA) is 102 Å². The van der Waals surface area contributed by atoms with E-state index in [1.807, 2.05) is 75.7 Å². The summed E-state index contributed by atoms with van der Waals surface area (Å²) >= 11 is 0. The number of anilines is 4. The van der Waals surface area contributed by atoms with Crippen molar-refractivity contribution in [2.45, 2.75) is 39.5 Å². The fourth-order valence-electron chi connectivity index (χ4n) is 3.59. The van der Waals surface area contributed by atoms with Crippen LogP contribution in [0.1, 0.15) is 32.0 Å². The Morgan fingerprint density at radius 3 is 2.34 bits per heavy atom. The van der Waals surface area contributed by atoms with Crippen molar-refractivity contribution in [2.75, 3.05) is 16.4 Å². The minimum Gasteiger partial charge on any atom is -0.340 e. The zero-order valence-electron chi connectivity index (χ0n) is 20.6. The van der Waals surface area contributed by atoms with Gasteiger partial charge in [-0.1, -0.05) is 26.8 Å². The molecule has 0 bridgehead atoms. The fourth-order valence-corrected chi connectivity index (χ4v) is 5.49. The van der Waals surface area contributed by atoms with Crippen LogP contribution in [-0.4, -0.2) is 33.7 Å². The molecule has 2 N–H and O–H groups in total. The number of aryl methyl sites for hydroxylation is 2. The molecular formula is C26H30N6O2S. The second-order valence-corrected chi connectivity index (χ2v) is 11.8. The first-order chi connectivity index (χ1) is 16.5. The summed E-state index contributed by atoms with van der Waals surface area (Å²) < 4.78 is 27.6. The number of hydrogen-bond acceptors (Lipinski definition) is 7. The Bertz CT molecular complexity index is 1440. The van der Waals surface area contributed by atoms with Gasteiger partial charge in [-0.25, -0.2) is 18.4 Å². The Kier molecular flexibility index (Phi) is 6.62. The van der Waals surface area contributed by atoms with Gasteiger partial charge in [-0.2, -0.15) is 4.98 Å². The van der Waals surface area contributed by atoms with Crippen LogP contribution in [0, 0.1) is 19.3 Å². The molecule has 2 aromatic heterocycles. The lowest BCUT2D eigenvalue weighted by Crippen LogP contribution is -2.20. The minimum atomic E-state index is -3.40. The summed E-state index contributed by atoms with van der Waals surface area (Å²) in [6, 6.07) is 14.7. The Morgan fingerprint density at radius 2 is 1.69 bits per heavy atom. The highest BCUT2D eigenvalue weighted by Crippen LogP contribution is 2.26. The molecule has 0 unspecified atom stereocenters. The van der Waals surface area contributed by atoms with Crippen LogP contribution < -0.4 is 10.6 Å². The lowest BCUT2D eigenvalue weighted by molar-refractivity contribution is 0.462. The van der Waals surface area contributed by atoms with E-state index in [9.17, 15) is 8.42 Å². The number of hydrogen-bond donors (Lipinski definition) is 2. The zero-order chi connectivity index (χ0) is 25.2. The molecule has 35 heavy (non-hydrogen) atoms. The molecule has 0 fully saturated rings. The molecule has 4 aromatic rings. The molecule has 0 spiro atoms. The fraction of sp³-hybridized carbons (Fsp3) is 0.269. The van der Waals surface area contributed by atoms with Gasteiger partial charge in [-0.05, 0) is 61.7 Å². The van der Waals surface area contributed by atoms with E-state index in [2.05, 4.69) is 25.6 Å². The summed E-state index contributed by atoms with van der Waals surface area (Å²) in [6.07, 6.45) is 5.47. The van der Waals surface area contributed by atoms with Crippen molar-refractivity contribution in [3.05, 3.63) is 78.5 Å². The van der Waals surface area contributed by atoms with Crippen molar-refractivity contribution in [3.63, 3.8) is 0 Å². The second-order valence-electron chi connectivity index (χ2n) is 9.79. The molecule has 0 radical (unpaired) electrons. The van der Waals surface area contributed by atoms with Crippen molar-refractivity contribution < 1.29 is 8.42 Å². The molecular weight excluding hydrogens is 460 g/mol. The van der Waals surface area contributed by atoms with Crippen molar-refractivity contribution in [2.24, 2.45) is 5.41 Å². The van der Waals surface area contributed by atoms with Gasteiger partial charge in [0.1, 0.15) is 5.82 Å². The highest BCUT2D eigenvalue weighted by atomic mass is 32.2. The maximum atomic E-state index is 12.8. The monoisotopic (exact) mass is 490 g/mol. The Balaban J connectivity index is 1.51. The number of aromatic nitrogens is 4. The largest absolute Gasteiger partial charge is 0.340 e. The van der Waals surface area contributed by atoms with Crippen molar-refractivity contribution in [1.82, 2.24) is 19.5 Å². The second kappa shape index (κ2) is 9.50. The van der Waals surface area contributed by atoms with E-state index in [0.29, 0.717) is 17.5 Å². The average Bonchev–Trinajstić information content (AvgIpc) is 3.21. The summed E-state index contributed by atoms with van der Waals surface area (Å²) in [5.74, 6) is 1.10. The van der Waals surface area contributed by atoms with Crippen LogP contribution in [-0.2, 0) is 9.84 Å². The Labute approximate surface area is 206 Å². The van der Waals surface area contributed by atoms with Crippen LogP contribution in [0.25, 0.3) is 5.69 Å². The van der Waals surface area contributed by atoms with Crippen molar-refractivity contribution in [1.29, 1.82) is 0 Å². The van der Waals surface area contributed by atoms with Gasteiger partial charge in [0.05, 0.1) is 22.7 Å². The highest BCUT2D eigenvalue weighted by molar-refractivity contribution is 7.91. The third-order valence-electron chi connectivity index (χ3n) is 5.18. The maximum absolute atomic E-state index is 12.8. The van der Waals surface area contributed by atoms with Crippen molar-refractivity contribution >= 4 is 33.0 Å². The molecule has 0 aliphatic rings. The minimum absolute atomic E-state index is 0.0727. The third-order valence-corrected chi connectivity index (χ3v) is 7.40.